The second-order valence-corrected chi connectivity index (χ2v) is 3.72. The highest BCUT2D eigenvalue weighted by Gasteiger charge is 2.13. The fourth-order valence-electron chi connectivity index (χ4n) is 1.57. The van der Waals surface area contributed by atoms with Gasteiger partial charge >= 0.3 is 0 Å². The Labute approximate surface area is 100 Å². The number of rotatable bonds is 6. The summed E-state index contributed by atoms with van der Waals surface area (Å²) in [6, 6.07) is 5.35. The highest BCUT2D eigenvalue weighted by atomic mass is 16.5. The summed E-state index contributed by atoms with van der Waals surface area (Å²) in [7, 11) is 3.12. The number of benzene rings is 1. The highest BCUT2D eigenvalue weighted by molar-refractivity contribution is 5.64. The molecule has 1 aromatic rings. The van der Waals surface area contributed by atoms with Gasteiger partial charge in [0.15, 0.2) is 11.5 Å². The van der Waals surface area contributed by atoms with E-state index in [-0.39, 0.29) is 12.5 Å². The van der Waals surface area contributed by atoms with E-state index in [2.05, 4.69) is 5.73 Å². The van der Waals surface area contributed by atoms with Gasteiger partial charge in [0.1, 0.15) is 6.04 Å². The lowest BCUT2D eigenvalue weighted by Gasteiger charge is -2.13. The van der Waals surface area contributed by atoms with E-state index in [4.69, 9.17) is 9.47 Å². The van der Waals surface area contributed by atoms with Crippen LogP contribution in [0.4, 0.5) is 0 Å². The Morgan fingerprint density at radius 3 is 2.53 bits per heavy atom. The van der Waals surface area contributed by atoms with Crippen LogP contribution in [0.1, 0.15) is 24.4 Å². The molecular formula is C12H17NO4. The number of quaternary nitrogens is 1. The van der Waals surface area contributed by atoms with Crippen LogP contribution < -0.4 is 20.3 Å². The Kier molecular flexibility index (Phi) is 4.78. The molecule has 0 radical (unpaired) electrons. The molecule has 17 heavy (non-hydrogen) atoms. The van der Waals surface area contributed by atoms with Crippen molar-refractivity contribution >= 4 is 5.97 Å². The van der Waals surface area contributed by atoms with Crippen molar-refractivity contribution in [2.24, 2.45) is 0 Å². The van der Waals surface area contributed by atoms with E-state index in [9.17, 15) is 9.90 Å². The van der Waals surface area contributed by atoms with Crippen molar-refractivity contribution in [3.8, 4) is 11.5 Å². The van der Waals surface area contributed by atoms with Crippen molar-refractivity contribution < 1.29 is 25.1 Å². The Morgan fingerprint density at radius 1 is 1.35 bits per heavy atom. The molecule has 1 rings (SSSR count). The molecule has 1 aromatic carbocycles. The first-order valence-electron chi connectivity index (χ1n) is 5.33. The van der Waals surface area contributed by atoms with Crippen LogP contribution in [0.5, 0.6) is 11.5 Å². The van der Waals surface area contributed by atoms with Crippen LogP contribution in [0.25, 0.3) is 0 Å². The maximum Gasteiger partial charge on any atom is 0.161 e. The molecule has 0 fully saturated rings. The van der Waals surface area contributed by atoms with Gasteiger partial charge in [0.05, 0.1) is 14.2 Å². The van der Waals surface area contributed by atoms with Gasteiger partial charge in [0, 0.05) is 18.0 Å². The van der Waals surface area contributed by atoms with Gasteiger partial charge in [0.25, 0.3) is 0 Å². The maximum absolute atomic E-state index is 10.4. The number of carboxylic acids is 1. The fourth-order valence-corrected chi connectivity index (χ4v) is 1.57. The second kappa shape index (κ2) is 6.10. The quantitative estimate of drug-likeness (QED) is 0.726. The summed E-state index contributed by atoms with van der Waals surface area (Å²) in [6.45, 7) is 0. The molecular weight excluding hydrogens is 222 g/mol. The van der Waals surface area contributed by atoms with E-state index in [1.807, 2.05) is 12.1 Å². The third-order valence-corrected chi connectivity index (χ3v) is 2.58. The largest absolute Gasteiger partial charge is 0.550 e. The Morgan fingerprint density at radius 2 is 2.00 bits per heavy atom. The zero-order valence-corrected chi connectivity index (χ0v) is 10.1. The molecule has 1 atom stereocenters. The number of carbonyl (C=O) groups excluding carboxylic acids is 1. The first kappa shape index (κ1) is 13.3. The molecule has 0 bridgehead atoms. The number of carboxylic acid groups (broad SMARTS) is 1. The third kappa shape index (κ3) is 3.64. The van der Waals surface area contributed by atoms with Gasteiger partial charge in [-0.1, -0.05) is 0 Å². The summed E-state index contributed by atoms with van der Waals surface area (Å²) in [5, 5.41) is 10.4. The van der Waals surface area contributed by atoms with E-state index in [1.165, 1.54) is 0 Å². The van der Waals surface area contributed by atoms with Gasteiger partial charge < -0.3 is 25.1 Å². The van der Waals surface area contributed by atoms with Gasteiger partial charge in [-0.25, -0.2) is 0 Å². The number of hydrogen-bond donors (Lipinski definition) is 1. The lowest BCUT2D eigenvalue weighted by atomic mass is 10.0. The molecule has 5 heteroatoms. The van der Waals surface area contributed by atoms with Crippen molar-refractivity contribution in [1.82, 2.24) is 0 Å². The van der Waals surface area contributed by atoms with Crippen LogP contribution in [0.2, 0.25) is 0 Å². The number of methoxy groups -OCH3 is 2. The van der Waals surface area contributed by atoms with E-state index in [1.54, 1.807) is 20.3 Å². The number of hydrogen-bond acceptors (Lipinski definition) is 4. The molecule has 94 valence electrons. The van der Waals surface area contributed by atoms with Crippen molar-refractivity contribution in [2.45, 2.75) is 18.9 Å². The summed E-state index contributed by atoms with van der Waals surface area (Å²) in [5.41, 5.74) is 4.84. The second-order valence-electron chi connectivity index (χ2n) is 3.72. The van der Waals surface area contributed by atoms with Gasteiger partial charge in [0.2, 0.25) is 0 Å². The summed E-state index contributed by atoms with van der Waals surface area (Å²) in [4.78, 5) is 10.4. The lowest BCUT2D eigenvalue weighted by Crippen LogP contribution is -2.53. The van der Waals surface area contributed by atoms with Crippen molar-refractivity contribution in [2.75, 3.05) is 14.2 Å². The molecule has 0 unspecified atom stereocenters. The predicted molar refractivity (Wildman–Crippen MR) is 59.4 cm³/mol. The van der Waals surface area contributed by atoms with E-state index in [0.29, 0.717) is 17.9 Å². The molecule has 0 aliphatic heterocycles. The molecule has 0 aromatic heterocycles. The van der Waals surface area contributed by atoms with Crippen LogP contribution in [0.15, 0.2) is 18.2 Å². The van der Waals surface area contributed by atoms with Gasteiger partial charge in [-0.15, -0.1) is 0 Å². The van der Waals surface area contributed by atoms with E-state index in [0.717, 1.165) is 5.56 Å². The summed E-state index contributed by atoms with van der Waals surface area (Å²) < 4.78 is 10.3. The van der Waals surface area contributed by atoms with E-state index < -0.39 is 5.97 Å². The van der Waals surface area contributed by atoms with Crippen molar-refractivity contribution in [1.29, 1.82) is 0 Å². The van der Waals surface area contributed by atoms with Gasteiger partial charge in [-0.3, -0.25) is 0 Å². The molecule has 5 nitrogen and oxygen atoms in total. The van der Waals surface area contributed by atoms with Gasteiger partial charge in [-0.05, 0) is 24.6 Å². The first-order valence-corrected chi connectivity index (χ1v) is 5.33. The summed E-state index contributed by atoms with van der Waals surface area (Å²) in [6.07, 6.45) is 0.445. The minimum atomic E-state index is -1.06. The Balaban J connectivity index is 2.80. The standard InChI is InChI=1S/C12H17NO4/c1-16-10-5-3-8(7-11(10)17-2)9(13)4-6-12(14)15/h3,5,7,9H,4,6,13H2,1-2H3,(H,14,15)/t9-/m1/s1. The third-order valence-electron chi connectivity index (χ3n) is 2.58. The van der Waals surface area contributed by atoms with Crippen molar-refractivity contribution in [3.63, 3.8) is 0 Å². The number of carbonyl (C=O) groups is 1. The van der Waals surface area contributed by atoms with Gasteiger partial charge in [-0.2, -0.15) is 0 Å². The molecule has 0 aliphatic carbocycles. The van der Waals surface area contributed by atoms with E-state index >= 15 is 0 Å². The molecule has 0 saturated carbocycles. The average molecular weight is 239 g/mol. The molecule has 0 saturated heterocycles. The van der Waals surface area contributed by atoms with Crippen molar-refractivity contribution in [3.05, 3.63) is 23.8 Å². The zero-order chi connectivity index (χ0) is 12.8. The van der Waals surface area contributed by atoms with Crippen LogP contribution in [0.3, 0.4) is 0 Å². The molecule has 3 N–H and O–H groups in total. The van der Waals surface area contributed by atoms with Crippen LogP contribution in [-0.4, -0.2) is 20.2 Å². The Hall–Kier alpha value is -1.75. The minimum Gasteiger partial charge on any atom is -0.550 e. The molecule has 0 aliphatic rings. The fraction of sp³-hybridized carbons (Fsp3) is 0.417. The average Bonchev–Trinajstić information content (AvgIpc) is 2.34. The zero-order valence-electron chi connectivity index (χ0n) is 10.1. The van der Waals surface area contributed by atoms with Crippen LogP contribution in [0, 0.1) is 0 Å². The first-order chi connectivity index (χ1) is 8.08. The molecule has 0 amide bonds. The number of ether oxygens (including phenoxy) is 2. The SMILES string of the molecule is COc1ccc([C@H]([NH3+])CCC(=O)[O-])cc1OC. The maximum atomic E-state index is 10.4. The molecule has 0 spiro atoms. The summed E-state index contributed by atoms with van der Waals surface area (Å²) >= 11 is 0. The molecule has 0 heterocycles. The normalized spacial score (nSPS) is 11.9. The smallest absolute Gasteiger partial charge is 0.161 e. The number of aliphatic carboxylic acids is 1. The highest BCUT2D eigenvalue weighted by Crippen LogP contribution is 2.29. The topological polar surface area (TPSA) is 86.2 Å². The minimum absolute atomic E-state index is 0.00249. The van der Waals surface area contributed by atoms with Crippen LogP contribution in [-0.2, 0) is 4.79 Å². The lowest BCUT2D eigenvalue weighted by molar-refractivity contribution is -0.428. The Bertz CT molecular complexity index is 392. The monoisotopic (exact) mass is 239 g/mol. The summed E-state index contributed by atoms with van der Waals surface area (Å²) in [5.74, 6) is 0.203. The predicted octanol–water partition coefficient (Wildman–Crippen LogP) is -0.483. The van der Waals surface area contributed by atoms with Crippen LogP contribution >= 0.6 is 0 Å².